The van der Waals surface area contributed by atoms with E-state index in [1.807, 2.05) is 0 Å². The number of aromatic nitrogens is 1. The molecule has 18 heavy (non-hydrogen) atoms. The zero-order valence-corrected chi connectivity index (χ0v) is 10.6. The first-order chi connectivity index (χ1) is 8.58. The van der Waals surface area contributed by atoms with Crippen molar-refractivity contribution in [2.24, 2.45) is 5.73 Å². The van der Waals surface area contributed by atoms with Crippen molar-refractivity contribution in [3.63, 3.8) is 0 Å². The molecule has 0 radical (unpaired) electrons. The minimum atomic E-state index is -0.206. The van der Waals surface area contributed by atoms with E-state index in [1.54, 1.807) is 32.4 Å². The topological polar surface area (TPSA) is 88.3 Å². The lowest BCUT2D eigenvalue weighted by Crippen LogP contribution is -2.31. The van der Waals surface area contributed by atoms with Gasteiger partial charge in [-0.25, -0.2) is 0 Å². The van der Waals surface area contributed by atoms with E-state index in [9.17, 15) is 9.59 Å². The maximum atomic E-state index is 11.9. The fourth-order valence-electron chi connectivity index (χ4n) is 1.36. The lowest BCUT2D eigenvalue weighted by atomic mass is 10.2. The number of nitrogens with zero attached hydrogens (tertiary/aromatic N) is 2. The number of hydrogen-bond acceptors (Lipinski definition) is 4. The molecule has 0 saturated heterocycles. The second-order valence-electron chi connectivity index (χ2n) is 3.91. The number of hydrogen-bond donors (Lipinski definition) is 2. The molecule has 0 aliphatic heterocycles. The molecule has 0 saturated carbocycles. The van der Waals surface area contributed by atoms with Crippen molar-refractivity contribution in [2.75, 3.05) is 20.6 Å². The predicted octanol–water partition coefficient (Wildman–Crippen LogP) is -0.252. The van der Waals surface area contributed by atoms with Crippen LogP contribution in [-0.4, -0.2) is 42.3 Å². The minimum Gasteiger partial charge on any atom is -0.359 e. The summed E-state index contributed by atoms with van der Waals surface area (Å²) in [4.78, 5) is 28.5. The molecule has 0 unspecified atom stereocenters. The van der Waals surface area contributed by atoms with Crippen LogP contribution in [0.4, 0.5) is 0 Å². The molecular formula is C12H18N4O2. The third-order valence-corrected chi connectivity index (χ3v) is 2.58. The molecule has 0 aromatic carbocycles. The van der Waals surface area contributed by atoms with E-state index in [2.05, 4.69) is 10.3 Å². The fraction of sp³-hybridized carbons (Fsp3) is 0.417. The highest BCUT2D eigenvalue weighted by atomic mass is 16.2. The van der Waals surface area contributed by atoms with Gasteiger partial charge in [0.25, 0.3) is 5.91 Å². The van der Waals surface area contributed by atoms with Crippen molar-refractivity contribution < 1.29 is 9.59 Å². The van der Waals surface area contributed by atoms with Crippen LogP contribution < -0.4 is 11.1 Å². The Morgan fingerprint density at radius 2 is 2.17 bits per heavy atom. The van der Waals surface area contributed by atoms with Gasteiger partial charge in [-0.1, -0.05) is 6.07 Å². The summed E-state index contributed by atoms with van der Waals surface area (Å²) in [6.45, 7) is 0.757. The van der Waals surface area contributed by atoms with Gasteiger partial charge >= 0.3 is 0 Å². The summed E-state index contributed by atoms with van der Waals surface area (Å²) >= 11 is 0. The molecule has 0 spiro atoms. The molecule has 98 valence electrons. The van der Waals surface area contributed by atoms with Crippen LogP contribution in [0, 0.1) is 0 Å². The van der Waals surface area contributed by atoms with E-state index in [1.165, 1.54) is 4.90 Å². The van der Waals surface area contributed by atoms with Crippen LogP contribution >= 0.6 is 0 Å². The third-order valence-electron chi connectivity index (χ3n) is 2.58. The van der Waals surface area contributed by atoms with Crippen molar-refractivity contribution in [3.8, 4) is 0 Å². The van der Waals surface area contributed by atoms with Crippen LogP contribution in [0.5, 0.6) is 0 Å². The summed E-state index contributed by atoms with van der Waals surface area (Å²) in [5.74, 6) is -0.302. The SMILES string of the molecule is CNC(=O)CCN(C)C(=O)c1ccc(CN)cn1. The van der Waals surface area contributed by atoms with Gasteiger partial charge in [-0.05, 0) is 11.6 Å². The predicted molar refractivity (Wildman–Crippen MR) is 67.8 cm³/mol. The molecule has 1 aromatic rings. The number of rotatable bonds is 5. The van der Waals surface area contributed by atoms with E-state index in [-0.39, 0.29) is 18.2 Å². The fourth-order valence-corrected chi connectivity index (χ4v) is 1.36. The molecule has 6 heteroatoms. The minimum absolute atomic E-state index is 0.0962. The van der Waals surface area contributed by atoms with E-state index in [4.69, 9.17) is 5.73 Å². The zero-order chi connectivity index (χ0) is 13.5. The highest BCUT2D eigenvalue weighted by Crippen LogP contribution is 2.03. The molecular weight excluding hydrogens is 232 g/mol. The Balaban J connectivity index is 2.59. The Morgan fingerprint density at radius 3 is 2.67 bits per heavy atom. The molecule has 2 amide bonds. The number of amides is 2. The molecule has 1 rings (SSSR count). The van der Waals surface area contributed by atoms with E-state index >= 15 is 0 Å². The van der Waals surface area contributed by atoms with Gasteiger partial charge in [0, 0.05) is 39.8 Å². The van der Waals surface area contributed by atoms with Crippen LogP contribution in [0.25, 0.3) is 0 Å². The maximum absolute atomic E-state index is 11.9. The second-order valence-corrected chi connectivity index (χ2v) is 3.91. The van der Waals surface area contributed by atoms with Gasteiger partial charge in [-0.2, -0.15) is 0 Å². The van der Waals surface area contributed by atoms with Crippen molar-refractivity contribution in [2.45, 2.75) is 13.0 Å². The van der Waals surface area contributed by atoms with Gasteiger partial charge in [0.2, 0.25) is 5.91 Å². The summed E-state index contributed by atoms with van der Waals surface area (Å²) in [5.41, 5.74) is 6.68. The van der Waals surface area contributed by atoms with Gasteiger partial charge in [-0.15, -0.1) is 0 Å². The lowest BCUT2D eigenvalue weighted by molar-refractivity contribution is -0.120. The maximum Gasteiger partial charge on any atom is 0.272 e. The molecule has 6 nitrogen and oxygen atoms in total. The van der Waals surface area contributed by atoms with Crippen molar-refractivity contribution in [1.29, 1.82) is 0 Å². The van der Waals surface area contributed by atoms with Crippen molar-refractivity contribution >= 4 is 11.8 Å². The third kappa shape index (κ3) is 3.81. The van der Waals surface area contributed by atoms with Gasteiger partial charge in [-0.3, -0.25) is 14.6 Å². The Morgan fingerprint density at radius 1 is 1.44 bits per heavy atom. The molecule has 0 atom stereocenters. The summed E-state index contributed by atoms with van der Waals surface area (Å²) < 4.78 is 0. The Labute approximate surface area is 106 Å². The second kappa shape index (κ2) is 6.70. The highest BCUT2D eigenvalue weighted by Gasteiger charge is 2.13. The summed E-state index contributed by atoms with van der Waals surface area (Å²) in [7, 11) is 3.21. The van der Waals surface area contributed by atoms with E-state index in [0.717, 1.165) is 5.56 Å². The van der Waals surface area contributed by atoms with Gasteiger partial charge in [0.1, 0.15) is 5.69 Å². The molecule has 0 aliphatic carbocycles. The first-order valence-electron chi connectivity index (χ1n) is 5.69. The average Bonchev–Trinajstić information content (AvgIpc) is 2.43. The van der Waals surface area contributed by atoms with Crippen LogP contribution in [-0.2, 0) is 11.3 Å². The summed E-state index contributed by atoms with van der Waals surface area (Å²) in [6.07, 6.45) is 1.86. The van der Waals surface area contributed by atoms with E-state index < -0.39 is 0 Å². The number of pyridine rings is 1. The Hall–Kier alpha value is -1.95. The molecule has 3 N–H and O–H groups in total. The first-order valence-corrected chi connectivity index (χ1v) is 5.69. The standard InChI is InChI=1S/C12H18N4O2/c1-14-11(17)5-6-16(2)12(18)10-4-3-9(7-13)8-15-10/h3-4,8H,5-7,13H2,1-2H3,(H,14,17). The molecule has 0 fully saturated rings. The quantitative estimate of drug-likeness (QED) is 0.754. The smallest absolute Gasteiger partial charge is 0.272 e. The van der Waals surface area contributed by atoms with Crippen molar-refractivity contribution in [1.82, 2.24) is 15.2 Å². The summed E-state index contributed by atoms with van der Waals surface area (Å²) in [6, 6.07) is 3.41. The first kappa shape index (κ1) is 14.1. The van der Waals surface area contributed by atoms with Crippen LogP contribution in [0.15, 0.2) is 18.3 Å². The van der Waals surface area contributed by atoms with Crippen molar-refractivity contribution in [3.05, 3.63) is 29.6 Å². The van der Waals surface area contributed by atoms with Crippen LogP contribution in [0.2, 0.25) is 0 Å². The van der Waals surface area contributed by atoms with Gasteiger partial charge < -0.3 is 16.0 Å². The van der Waals surface area contributed by atoms with Gasteiger partial charge in [0.15, 0.2) is 0 Å². The van der Waals surface area contributed by atoms with Gasteiger partial charge in [0.05, 0.1) is 0 Å². The van der Waals surface area contributed by atoms with Crippen LogP contribution in [0.3, 0.4) is 0 Å². The Kier molecular flexibility index (Phi) is 5.26. The molecule has 1 heterocycles. The number of carbonyl (C=O) groups excluding carboxylic acids is 2. The number of nitrogens with two attached hydrogens (primary N) is 1. The summed E-state index contributed by atoms with van der Waals surface area (Å²) in [5, 5.41) is 2.51. The normalized spacial score (nSPS) is 9.94. The van der Waals surface area contributed by atoms with E-state index in [0.29, 0.717) is 18.8 Å². The molecule has 1 aromatic heterocycles. The molecule has 0 bridgehead atoms. The molecule has 0 aliphatic rings. The average molecular weight is 250 g/mol. The largest absolute Gasteiger partial charge is 0.359 e. The highest BCUT2D eigenvalue weighted by molar-refractivity contribution is 5.92. The van der Waals surface area contributed by atoms with Crippen LogP contribution in [0.1, 0.15) is 22.5 Å². The monoisotopic (exact) mass is 250 g/mol. The number of carbonyl (C=O) groups is 2. The lowest BCUT2D eigenvalue weighted by Gasteiger charge is -2.16. The Bertz CT molecular complexity index is 417. The zero-order valence-electron chi connectivity index (χ0n) is 10.6. The number of nitrogens with one attached hydrogen (secondary N) is 1.